The first-order valence-electron chi connectivity index (χ1n) is 12.5. The van der Waals surface area contributed by atoms with Crippen LogP contribution in [0, 0.1) is 11.8 Å². The molecule has 182 valence electrons. The molecule has 0 aromatic heterocycles. The third-order valence-electron chi connectivity index (χ3n) is 7.14. The third kappa shape index (κ3) is 6.44. The van der Waals surface area contributed by atoms with E-state index in [0.29, 0.717) is 18.7 Å². The van der Waals surface area contributed by atoms with E-state index in [2.05, 4.69) is 5.32 Å². The van der Waals surface area contributed by atoms with Gasteiger partial charge in [0, 0.05) is 30.5 Å². The Morgan fingerprint density at radius 1 is 1.06 bits per heavy atom. The van der Waals surface area contributed by atoms with E-state index >= 15 is 0 Å². The van der Waals surface area contributed by atoms with Crippen LogP contribution in [0.1, 0.15) is 94.5 Å². The van der Waals surface area contributed by atoms with Crippen LogP contribution in [0.3, 0.4) is 0 Å². The molecule has 1 saturated heterocycles. The van der Waals surface area contributed by atoms with Crippen LogP contribution in [-0.4, -0.2) is 52.3 Å². The first-order chi connectivity index (χ1) is 15.6. The first kappa shape index (κ1) is 25.4. The molecular weight excluding hydrogens is 416 g/mol. The lowest BCUT2D eigenvalue weighted by Crippen LogP contribution is -2.49. The molecule has 2 amide bonds. The van der Waals surface area contributed by atoms with E-state index in [4.69, 9.17) is 0 Å². The number of amides is 2. The van der Waals surface area contributed by atoms with Crippen LogP contribution >= 0.6 is 0 Å². The van der Waals surface area contributed by atoms with Crippen molar-refractivity contribution in [2.24, 2.45) is 11.8 Å². The maximum Gasteiger partial charge on any atom is 0.253 e. The second kappa shape index (κ2) is 10.8. The van der Waals surface area contributed by atoms with E-state index in [1.165, 1.54) is 20.3 Å². The van der Waals surface area contributed by atoms with Gasteiger partial charge in [-0.2, -0.15) is 0 Å². The molecular formula is C27H40N2O4. The highest BCUT2D eigenvalue weighted by Gasteiger charge is 2.34. The van der Waals surface area contributed by atoms with E-state index in [-0.39, 0.29) is 35.4 Å². The molecule has 0 bridgehead atoms. The van der Waals surface area contributed by atoms with E-state index in [0.717, 1.165) is 44.1 Å². The Hall–Kier alpha value is -2.21. The minimum absolute atomic E-state index is 0.111. The normalized spacial score (nSPS) is 21.0. The van der Waals surface area contributed by atoms with Crippen molar-refractivity contribution < 1.29 is 19.5 Å². The van der Waals surface area contributed by atoms with Gasteiger partial charge in [0.05, 0.1) is 6.04 Å². The number of piperidine rings is 1. The van der Waals surface area contributed by atoms with Crippen molar-refractivity contribution in [2.75, 3.05) is 13.1 Å². The molecule has 33 heavy (non-hydrogen) atoms. The molecule has 3 rings (SSSR count). The molecule has 6 heteroatoms. The number of carbonyl (C=O) groups is 3. The number of nitrogens with one attached hydrogen (secondary N) is 1. The number of ketones is 1. The molecule has 1 saturated carbocycles. The summed E-state index contributed by atoms with van der Waals surface area (Å²) in [6.07, 6.45) is 7.17. The zero-order chi connectivity index (χ0) is 24.2. The number of likely N-dealkylation sites (tertiary alicyclic amines) is 1. The van der Waals surface area contributed by atoms with Gasteiger partial charge in [0.15, 0.2) is 5.78 Å². The van der Waals surface area contributed by atoms with Gasteiger partial charge in [0.25, 0.3) is 11.8 Å². The maximum absolute atomic E-state index is 13.2. The summed E-state index contributed by atoms with van der Waals surface area (Å²) >= 11 is 0. The van der Waals surface area contributed by atoms with E-state index in [9.17, 15) is 19.5 Å². The largest absolute Gasteiger partial charge is 0.381 e. The number of nitrogens with zero attached hydrogens (tertiary/aromatic N) is 1. The second-order valence-electron chi connectivity index (χ2n) is 10.7. The standard InChI is InChI=1S/C27H40N2O4/c1-18(2)24(30)23(19-10-6-5-7-11-19)28-25(31)21-13-8-12-20(16-21)22-14-9-15-29(17-22)26(32)27(3,4)33/h8,12-13,16,18-19,22-23,33H,5-7,9-11,14-15,17H2,1-4H3,(H,28,31)/t22?,23-/m1/s1. The van der Waals surface area contributed by atoms with Gasteiger partial charge < -0.3 is 15.3 Å². The first-order valence-corrected chi connectivity index (χ1v) is 12.5. The summed E-state index contributed by atoms with van der Waals surface area (Å²) < 4.78 is 0. The van der Waals surface area contributed by atoms with Gasteiger partial charge in [-0.1, -0.05) is 45.2 Å². The molecule has 1 aromatic carbocycles. The summed E-state index contributed by atoms with van der Waals surface area (Å²) in [5.74, 6) is -0.153. The smallest absolute Gasteiger partial charge is 0.253 e. The van der Waals surface area contributed by atoms with Crippen molar-refractivity contribution in [3.8, 4) is 0 Å². The minimum atomic E-state index is -1.39. The monoisotopic (exact) mass is 456 g/mol. The molecule has 1 unspecified atom stereocenters. The van der Waals surface area contributed by atoms with Gasteiger partial charge in [-0.25, -0.2) is 0 Å². The van der Waals surface area contributed by atoms with Crippen LogP contribution in [0.2, 0.25) is 0 Å². The summed E-state index contributed by atoms with van der Waals surface area (Å²) in [5, 5.41) is 13.2. The molecule has 1 aliphatic heterocycles. The van der Waals surface area contributed by atoms with Gasteiger partial charge in [0.2, 0.25) is 0 Å². The maximum atomic E-state index is 13.2. The Morgan fingerprint density at radius 3 is 2.39 bits per heavy atom. The third-order valence-corrected chi connectivity index (χ3v) is 7.14. The average molecular weight is 457 g/mol. The van der Waals surface area contributed by atoms with Crippen molar-refractivity contribution in [1.82, 2.24) is 10.2 Å². The van der Waals surface area contributed by atoms with Crippen molar-refractivity contribution >= 4 is 17.6 Å². The molecule has 0 radical (unpaired) electrons. The predicted octanol–water partition coefficient (Wildman–Crippen LogP) is 4.07. The van der Waals surface area contributed by atoms with Gasteiger partial charge >= 0.3 is 0 Å². The Labute approximate surface area is 198 Å². The lowest BCUT2D eigenvalue weighted by Gasteiger charge is -2.36. The van der Waals surface area contributed by atoms with Crippen LogP contribution < -0.4 is 5.32 Å². The predicted molar refractivity (Wildman–Crippen MR) is 129 cm³/mol. The molecule has 0 spiro atoms. The summed E-state index contributed by atoms with van der Waals surface area (Å²) in [6.45, 7) is 8.00. The highest BCUT2D eigenvalue weighted by Crippen LogP contribution is 2.30. The number of aliphatic hydroxyl groups is 1. The van der Waals surface area contributed by atoms with Gasteiger partial charge in [-0.15, -0.1) is 0 Å². The fourth-order valence-electron chi connectivity index (χ4n) is 5.23. The molecule has 2 aliphatic rings. The van der Waals surface area contributed by atoms with Gasteiger partial charge in [-0.05, 0) is 63.1 Å². The topological polar surface area (TPSA) is 86.7 Å². The number of hydrogen-bond acceptors (Lipinski definition) is 4. The quantitative estimate of drug-likeness (QED) is 0.648. The molecule has 2 N–H and O–H groups in total. The Balaban J connectivity index is 1.74. The molecule has 1 aromatic rings. The zero-order valence-electron chi connectivity index (χ0n) is 20.6. The van der Waals surface area contributed by atoms with Gasteiger partial charge in [-0.3, -0.25) is 14.4 Å². The van der Waals surface area contributed by atoms with Crippen LogP contribution in [0.4, 0.5) is 0 Å². The summed E-state index contributed by atoms with van der Waals surface area (Å²) in [6, 6.07) is 7.13. The van der Waals surface area contributed by atoms with Crippen LogP contribution in [0.25, 0.3) is 0 Å². The van der Waals surface area contributed by atoms with E-state index in [1.54, 1.807) is 11.0 Å². The van der Waals surface area contributed by atoms with Gasteiger partial charge in [0.1, 0.15) is 5.60 Å². The number of benzene rings is 1. The number of hydrogen-bond donors (Lipinski definition) is 2. The van der Waals surface area contributed by atoms with Crippen LogP contribution in [-0.2, 0) is 9.59 Å². The zero-order valence-corrected chi connectivity index (χ0v) is 20.6. The fraction of sp³-hybridized carbons (Fsp3) is 0.667. The van der Waals surface area contributed by atoms with Crippen molar-refractivity contribution in [2.45, 2.75) is 90.2 Å². The Bertz CT molecular complexity index is 852. The Kier molecular flexibility index (Phi) is 8.33. The summed E-state index contributed by atoms with van der Waals surface area (Å²) in [5.41, 5.74) is 0.178. The highest BCUT2D eigenvalue weighted by atomic mass is 16.3. The highest BCUT2D eigenvalue weighted by molar-refractivity contribution is 5.98. The van der Waals surface area contributed by atoms with Crippen molar-refractivity contribution in [1.29, 1.82) is 0 Å². The van der Waals surface area contributed by atoms with Crippen LogP contribution in [0.5, 0.6) is 0 Å². The summed E-state index contributed by atoms with van der Waals surface area (Å²) in [7, 11) is 0. The molecule has 2 atom stereocenters. The molecule has 1 aliphatic carbocycles. The van der Waals surface area contributed by atoms with E-state index in [1.807, 2.05) is 32.0 Å². The average Bonchev–Trinajstić information content (AvgIpc) is 2.81. The SMILES string of the molecule is CC(C)C(=O)[C@H](NC(=O)c1cccc(C2CCCN(C(=O)C(C)(C)O)C2)c1)C1CCCCC1. The number of rotatable bonds is 7. The molecule has 1 heterocycles. The number of Topliss-reactive ketones (excluding diaryl/α,β-unsaturated/α-hetero) is 1. The lowest BCUT2D eigenvalue weighted by molar-refractivity contribution is -0.149. The molecule has 6 nitrogen and oxygen atoms in total. The second-order valence-corrected chi connectivity index (χ2v) is 10.7. The van der Waals surface area contributed by atoms with Crippen molar-refractivity contribution in [3.05, 3.63) is 35.4 Å². The van der Waals surface area contributed by atoms with Crippen LogP contribution in [0.15, 0.2) is 24.3 Å². The summed E-state index contributed by atoms with van der Waals surface area (Å²) in [4.78, 5) is 40.4. The lowest BCUT2D eigenvalue weighted by atomic mass is 9.80. The van der Waals surface area contributed by atoms with E-state index < -0.39 is 11.6 Å². The minimum Gasteiger partial charge on any atom is -0.381 e. The number of carbonyl (C=O) groups excluding carboxylic acids is 3. The molecule has 2 fully saturated rings. The Morgan fingerprint density at radius 2 is 1.76 bits per heavy atom. The fourth-order valence-corrected chi connectivity index (χ4v) is 5.23. The van der Waals surface area contributed by atoms with Crippen molar-refractivity contribution in [3.63, 3.8) is 0 Å².